The highest BCUT2D eigenvalue weighted by Gasteiger charge is 2.21. The third-order valence-electron chi connectivity index (χ3n) is 3.98. The van der Waals surface area contributed by atoms with Crippen LogP contribution in [0.2, 0.25) is 10.0 Å². The van der Waals surface area contributed by atoms with Gasteiger partial charge in [-0.1, -0.05) is 23.2 Å². The van der Waals surface area contributed by atoms with Crippen molar-refractivity contribution in [2.24, 2.45) is 0 Å². The van der Waals surface area contributed by atoms with E-state index < -0.39 is 16.6 Å². The van der Waals surface area contributed by atoms with Gasteiger partial charge in [0, 0.05) is 23.7 Å². The van der Waals surface area contributed by atoms with Crippen molar-refractivity contribution < 1.29 is 19.2 Å². The molecule has 0 saturated carbocycles. The zero-order valence-electron chi connectivity index (χ0n) is 16.2. The molecule has 0 aliphatic rings. The summed E-state index contributed by atoms with van der Waals surface area (Å²) in [5.41, 5.74) is 0.656. The smallest absolute Gasteiger partial charge is 0.418 e. The number of nitrogens with zero attached hydrogens (tertiary/aromatic N) is 2. The first kappa shape index (κ1) is 21.0. The molecule has 1 heterocycles. The van der Waals surface area contributed by atoms with E-state index in [1.807, 2.05) is 6.92 Å². The molecule has 0 spiro atoms. The Hall–Kier alpha value is -2.77. The van der Waals surface area contributed by atoms with Gasteiger partial charge in [-0.05, 0) is 51.5 Å². The largest absolute Gasteiger partial charge is 0.454 e. The summed E-state index contributed by atoms with van der Waals surface area (Å²) in [5.74, 6) is 0.530. The van der Waals surface area contributed by atoms with Crippen LogP contribution in [0.5, 0.6) is 11.5 Å². The highest BCUT2D eigenvalue weighted by Crippen LogP contribution is 2.40. The van der Waals surface area contributed by atoms with Crippen LogP contribution < -0.4 is 4.74 Å². The number of rotatable bonds is 3. The minimum Gasteiger partial charge on any atom is -0.454 e. The number of carbonyl (C=O) groups excluding carboxylic acids is 1. The van der Waals surface area contributed by atoms with Gasteiger partial charge in [0.05, 0.1) is 20.5 Å². The number of ether oxygens (including phenoxy) is 2. The molecular formula is C20H18Cl2N2O5. The van der Waals surface area contributed by atoms with Gasteiger partial charge in [-0.15, -0.1) is 0 Å². The number of non-ortho nitro benzene ring substituents is 1. The molecule has 29 heavy (non-hydrogen) atoms. The summed E-state index contributed by atoms with van der Waals surface area (Å²) < 4.78 is 12.6. The Morgan fingerprint density at radius 2 is 1.76 bits per heavy atom. The highest BCUT2D eigenvalue weighted by molar-refractivity contribution is 6.37. The predicted octanol–water partition coefficient (Wildman–Crippen LogP) is 6.74. The van der Waals surface area contributed by atoms with Gasteiger partial charge in [-0.2, -0.15) is 0 Å². The summed E-state index contributed by atoms with van der Waals surface area (Å²) >= 11 is 12.2. The van der Waals surface area contributed by atoms with Gasteiger partial charge in [0.25, 0.3) is 5.69 Å². The molecule has 0 aliphatic heterocycles. The maximum Gasteiger partial charge on any atom is 0.418 e. The fraction of sp³-hybridized carbons (Fsp3) is 0.250. The third kappa shape index (κ3) is 4.46. The van der Waals surface area contributed by atoms with Crippen LogP contribution in [0, 0.1) is 17.0 Å². The molecule has 0 aliphatic carbocycles. The summed E-state index contributed by atoms with van der Waals surface area (Å²) in [5, 5.41) is 11.7. The SMILES string of the molecule is Cc1cn(C(=O)OC(C)(C)C)c2ccc(Oc3c(Cl)cc([N+](=O)[O-])cc3Cl)cc12. The van der Waals surface area contributed by atoms with Crippen LogP contribution in [0.25, 0.3) is 10.9 Å². The molecule has 0 saturated heterocycles. The number of fused-ring (bicyclic) bond motifs is 1. The second-order valence-electron chi connectivity index (χ2n) is 7.44. The lowest BCUT2D eigenvalue weighted by molar-refractivity contribution is -0.384. The molecule has 7 nitrogen and oxygen atoms in total. The number of hydrogen-bond acceptors (Lipinski definition) is 5. The Labute approximate surface area is 176 Å². The van der Waals surface area contributed by atoms with E-state index >= 15 is 0 Å². The molecule has 3 aromatic rings. The van der Waals surface area contributed by atoms with Crippen molar-refractivity contribution in [2.75, 3.05) is 0 Å². The zero-order chi connectivity index (χ0) is 21.5. The second-order valence-corrected chi connectivity index (χ2v) is 8.25. The van der Waals surface area contributed by atoms with Crippen LogP contribution in [0.1, 0.15) is 26.3 Å². The highest BCUT2D eigenvalue weighted by atomic mass is 35.5. The first-order chi connectivity index (χ1) is 13.5. The number of hydrogen-bond donors (Lipinski definition) is 0. The first-order valence-corrected chi connectivity index (χ1v) is 9.38. The first-order valence-electron chi connectivity index (χ1n) is 8.62. The van der Waals surface area contributed by atoms with E-state index in [1.54, 1.807) is 45.2 Å². The van der Waals surface area contributed by atoms with Crippen LogP contribution in [0.3, 0.4) is 0 Å². The van der Waals surface area contributed by atoms with Crippen LogP contribution in [-0.4, -0.2) is 21.2 Å². The van der Waals surface area contributed by atoms with Gasteiger partial charge in [-0.25, -0.2) is 4.79 Å². The van der Waals surface area contributed by atoms with E-state index in [2.05, 4.69) is 0 Å². The molecule has 3 rings (SSSR count). The third-order valence-corrected chi connectivity index (χ3v) is 4.54. The van der Waals surface area contributed by atoms with E-state index in [0.717, 1.165) is 10.9 Å². The Bertz CT molecular complexity index is 1110. The Morgan fingerprint density at radius 3 is 2.31 bits per heavy atom. The molecule has 0 unspecified atom stereocenters. The van der Waals surface area contributed by atoms with Gasteiger partial charge in [0.1, 0.15) is 11.4 Å². The number of aromatic nitrogens is 1. The summed E-state index contributed by atoms with van der Waals surface area (Å²) in [7, 11) is 0. The molecule has 0 atom stereocenters. The molecule has 2 aromatic carbocycles. The lowest BCUT2D eigenvalue weighted by Crippen LogP contribution is -2.26. The fourth-order valence-electron chi connectivity index (χ4n) is 2.77. The van der Waals surface area contributed by atoms with E-state index in [1.165, 1.54) is 16.7 Å². The zero-order valence-corrected chi connectivity index (χ0v) is 17.7. The van der Waals surface area contributed by atoms with E-state index in [9.17, 15) is 14.9 Å². The maximum absolute atomic E-state index is 12.5. The number of aryl methyl sites for hydroxylation is 1. The van der Waals surface area contributed by atoms with Gasteiger partial charge >= 0.3 is 6.09 Å². The van der Waals surface area contributed by atoms with E-state index in [0.29, 0.717) is 11.3 Å². The molecule has 0 radical (unpaired) electrons. The summed E-state index contributed by atoms with van der Waals surface area (Å²) in [6, 6.07) is 7.45. The van der Waals surface area contributed by atoms with Gasteiger partial charge in [0.2, 0.25) is 0 Å². The van der Waals surface area contributed by atoms with Crippen LogP contribution in [0.15, 0.2) is 36.5 Å². The molecule has 0 fully saturated rings. The number of nitro benzene ring substituents is 1. The van der Waals surface area contributed by atoms with E-state index in [4.69, 9.17) is 32.7 Å². The molecular weight excluding hydrogens is 419 g/mol. The quantitative estimate of drug-likeness (QED) is 0.335. The Morgan fingerprint density at radius 1 is 1.14 bits per heavy atom. The summed E-state index contributed by atoms with van der Waals surface area (Å²) in [6.45, 7) is 7.26. The number of carbonyl (C=O) groups is 1. The number of benzene rings is 2. The van der Waals surface area contributed by atoms with Crippen molar-refractivity contribution in [2.45, 2.75) is 33.3 Å². The standard InChI is InChI=1S/C20H18Cl2N2O5/c1-11-10-23(19(25)29-20(2,3)4)17-6-5-13(9-14(11)17)28-18-15(21)7-12(24(26)27)8-16(18)22/h5-10H,1-4H3. The second kappa shape index (κ2) is 7.57. The van der Waals surface area contributed by atoms with Gasteiger partial charge < -0.3 is 9.47 Å². The molecule has 0 bridgehead atoms. The normalized spacial score (nSPS) is 11.5. The fourth-order valence-corrected chi connectivity index (χ4v) is 3.32. The predicted molar refractivity (Wildman–Crippen MR) is 111 cm³/mol. The van der Waals surface area contributed by atoms with Crippen molar-refractivity contribution in [3.63, 3.8) is 0 Å². The molecule has 0 amide bonds. The number of halogens is 2. The lowest BCUT2D eigenvalue weighted by Gasteiger charge is -2.19. The van der Waals surface area contributed by atoms with Crippen molar-refractivity contribution in [1.29, 1.82) is 0 Å². The van der Waals surface area contributed by atoms with Gasteiger partial charge in [0.15, 0.2) is 5.75 Å². The average molecular weight is 437 g/mol. The minimum absolute atomic E-state index is 0.0207. The topological polar surface area (TPSA) is 83.6 Å². The van der Waals surface area contributed by atoms with Crippen LogP contribution >= 0.6 is 23.2 Å². The van der Waals surface area contributed by atoms with Crippen molar-refractivity contribution >= 4 is 45.9 Å². The minimum atomic E-state index is -0.617. The van der Waals surface area contributed by atoms with E-state index in [-0.39, 0.29) is 21.5 Å². The molecule has 9 heteroatoms. The van der Waals surface area contributed by atoms with Crippen molar-refractivity contribution in [3.8, 4) is 11.5 Å². The van der Waals surface area contributed by atoms with Gasteiger partial charge in [-0.3, -0.25) is 14.7 Å². The van der Waals surface area contributed by atoms with Crippen molar-refractivity contribution in [3.05, 3.63) is 62.3 Å². The van der Waals surface area contributed by atoms with Crippen LogP contribution in [0.4, 0.5) is 10.5 Å². The Balaban J connectivity index is 1.97. The summed E-state index contributed by atoms with van der Waals surface area (Å²) in [4.78, 5) is 22.8. The number of nitro groups is 1. The Kier molecular flexibility index (Phi) is 5.47. The summed E-state index contributed by atoms with van der Waals surface area (Å²) in [6.07, 6.45) is 1.21. The monoisotopic (exact) mass is 436 g/mol. The molecule has 152 valence electrons. The molecule has 0 N–H and O–H groups in total. The van der Waals surface area contributed by atoms with Crippen LogP contribution in [-0.2, 0) is 4.74 Å². The average Bonchev–Trinajstić information content (AvgIpc) is 2.93. The lowest BCUT2D eigenvalue weighted by atomic mass is 10.2. The van der Waals surface area contributed by atoms with Crippen molar-refractivity contribution in [1.82, 2.24) is 4.57 Å². The maximum atomic E-state index is 12.5. The molecule has 1 aromatic heterocycles.